The van der Waals surface area contributed by atoms with Crippen LogP contribution in [0.25, 0.3) is 5.78 Å². The number of aromatic nitrogens is 4. The lowest BCUT2D eigenvalue weighted by Gasteiger charge is -1.87. The van der Waals surface area contributed by atoms with Gasteiger partial charge in [0, 0.05) is 19.4 Å². The number of rotatable bonds is 1. The Hall–Kier alpha value is -1.36. The summed E-state index contributed by atoms with van der Waals surface area (Å²) in [4.78, 5) is 0. The summed E-state index contributed by atoms with van der Waals surface area (Å²) in [5.41, 5.74) is 5.44. The Morgan fingerprint density at radius 2 is 2.27 bits per heavy atom. The highest BCUT2D eigenvalue weighted by Crippen LogP contribution is 2.01. The van der Waals surface area contributed by atoms with E-state index in [1.54, 1.807) is 0 Å². The zero-order chi connectivity index (χ0) is 7.84. The van der Waals surface area contributed by atoms with Crippen molar-refractivity contribution < 1.29 is 0 Å². The van der Waals surface area contributed by atoms with Crippen molar-refractivity contribution in [3.05, 3.63) is 18.2 Å². The SMILES string of the molecule is Cn1ccn2c(CN)nnc12. The van der Waals surface area contributed by atoms with Crippen LogP contribution in [0, 0.1) is 0 Å². The minimum absolute atomic E-state index is 0.422. The van der Waals surface area contributed by atoms with E-state index in [9.17, 15) is 0 Å². The minimum Gasteiger partial charge on any atom is -0.324 e. The number of hydrogen-bond donors (Lipinski definition) is 1. The summed E-state index contributed by atoms with van der Waals surface area (Å²) in [5, 5.41) is 7.85. The summed E-state index contributed by atoms with van der Waals surface area (Å²) in [6, 6.07) is 0. The van der Waals surface area contributed by atoms with Crippen LogP contribution >= 0.6 is 0 Å². The molecule has 0 amide bonds. The van der Waals surface area contributed by atoms with E-state index in [1.807, 2.05) is 28.4 Å². The van der Waals surface area contributed by atoms with Gasteiger partial charge in [0.2, 0.25) is 5.78 Å². The lowest BCUT2D eigenvalue weighted by Crippen LogP contribution is -2.01. The number of nitrogens with two attached hydrogens (primary N) is 1. The molecule has 2 heterocycles. The van der Waals surface area contributed by atoms with Crippen molar-refractivity contribution in [2.24, 2.45) is 12.8 Å². The number of hydrogen-bond acceptors (Lipinski definition) is 3. The van der Waals surface area contributed by atoms with Crippen molar-refractivity contribution in [2.75, 3.05) is 0 Å². The van der Waals surface area contributed by atoms with Crippen molar-refractivity contribution in [1.29, 1.82) is 0 Å². The van der Waals surface area contributed by atoms with E-state index in [-0.39, 0.29) is 0 Å². The first kappa shape index (κ1) is 6.36. The average Bonchev–Trinajstić information content (AvgIpc) is 2.53. The Bertz CT molecular complexity index is 371. The van der Waals surface area contributed by atoms with Crippen LogP contribution in [0.4, 0.5) is 0 Å². The van der Waals surface area contributed by atoms with Crippen LogP contribution in [-0.4, -0.2) is 19.2 Å². The molecule has 0 aliphatic rings. The average molecular weight is 151 g/mol. The molecule has 0 aromatic carbocycles. The van der Waals surface area contributed by atoms with Gasteiger partial charge in [0.25, 0.3) is 0 Å². The monoisotopic (exact) mass is 151 g/mol. The van der Waals surface area contributed by atoms with Gasteiger partial charge in [-0.2, -0.15) is 0 Å². The topological polar surface area (TPSA) is 61.1 Å². The molecule has 0 atom stereocenters. The Kier molecular flexibility index (Phi) is 1.19. The molecule has 2 N–H and O–H groups in total. The summed E-state index contributed by atoms with van der Waals surface area (Å²) < 4.78 is 3.77. The van der Waals surface area contributed by atoms with Crippen LogP contribution in [0.1, 0.15) is 5.82 Å². The molecule has 0 radical (unpaired) electrons. The van der Waals surface area contributed by atoms with Gasteiger partial charge in [-0.25, -0.2) is 0 Å². The molecule has 0 aliphatic heterocycles. The van der Waals surface area contributed by atoms with E-state index in [2.05, 4.69) is 10.2 Å². The predicted octanol–water partition coefficient (Wildman–Crippen LogP) is -0.474. The Balaban J connectivity index is 2.77. The molecule has 0 saturated heterocycles. The molecule has 0 bridgehead atoms. The van der Waals surface area contributed by atoms with E-state index in [0.717, 1.165) is 11.6 Å². The summed E-state index contributed by atoms with van der Waals surface area (Å²) in [5.74, 6) is 1.62. The second-order valence-electron chi connectivity index (χ2n) is 2.40. The molecule has 0 fully saturated rings. The van der Waals surface area contributed by atoms with E-state index >= 15 is 0 Å². The van der Waals surface area contributed by atoms with Crippen molar-refractivity contribution in [2.45, 2.75) is 6.54 Å². The summed E-state index contributed by atoms with van der Waals surface area (Å²) in [7, 11) is 1.92. The van der Waals surface area contributed by atoms with Crippen LogP contribution in [0.2, 0.25) is 0 Å². The van der Waals surface area contributed by atoms with Gasteiger partial charge in [-0.05, 0) is 0 Å². The van der Waals surface area contributed by atoms with E-state index in [1.165, 1.54) is 0 Å². The van der Waals surface area contributed by atoms with Crippen molar-refractivity contribution in [3.8, 4) is 0 Å². The first-order valence-corrected chi connectivity index (χ1v) is 3.38. The van der Waals surface area contributed by atoms with Crippen LogP contribution in [0.15, 0.2) is 12.4 Å². The number of aryl methyl sites for hydroxylation is 1. The third-order valence-corrected chi connectivity index (χ3v) is 1.69. The fraction of sp³-hybridized carbons (Fsp3) is 0.333. The molecule has 11 heavy (non-hydrogen) atoms. The zero-order valence-corrected chi connectivity index (χ0v) is 6.23. The van der Waals surface area contributed by atoms with Gasteiger partial charge in [-0.1, -0.05) is 0 Å². The van der Waals surface area contributed by atoms with Gasteiger partial charge in [0.1, 0.15) is 0 Å². The van der Waals surface area contributed by atoms with E-state index in [0.29, 0.717) is 6.54 Å². The quantitative estimate of drug-likeness (QED) is 0.599. The second-order valence-corrected chi connectivity index (χ2v) is 2.40. The molecular weight excluding hydrogens is 142 g/mol. The fourth-order valence-electron chi connectivity index (χ4n) is 1.08. The summed E-state index contributed by atoms with van der Waals surface area (Å²) in [6.45, 7) is 0.422. The van der Waals surface area contributed by atoms with Crippen molar-refractivity contribution in [3.63, 3.8) is 0 Å². The fourth-order valence-corrected chi connectivity index (χ4v) is 1.08. The highest BCUT2D eigenvalue weighted by Gasteiger charge is 2.04. The molecule has 0 aliphatic carbocycles. The van der Waals surface area contributed by atoms with Crippen molar-refractivity contribution >= 4 is 5.78 Å². The van der Waals surface area contributed by atoms with Gasteiger partial charge in [-0.3, -0.25) is 4.40 Å². The lowest BCUT2D eigenvalue weighted by atomic mass is 10.6. The third-order valence-electron chi connectivity index (χ3n) is 1.69. The lowest BCUT2D eigenvalue weighted by molar-refractivity contribution is 0.883. The number of imidazole rings is 1. The highest BCUT2D eigenvalue weighted by molar-refractivity contribution is 5.29. The first-order chi connectivity index (χ1) is 5.33. The van der Waals surface area contributed by atoms with Crippen LogP contribution in [-0.2, 0) is 13.6 Å². The van der Waals surface area contributed by atoms with E-state index in [4.69, 9.17) is 5.73 Å². The van der Waals surface area contributed by atoms with Gasteiger partial charge in [0.15, 0.2) is 5.82 Å². The second kappa shape index (κ2) is 2.06. The Labute approximate surface area is 63.4 Å². The molecule has 2 rings (SSSR count). The first-order valence-electron chi connectivity index (χ1n) is 3.38. The molecule has 0 unspecified atom stereocenters. The largest absolute Gasteiger partial charge is 0.324 e. The minimum atomic E-state index is 0.422. The van der Waals surface area contributed by atoms with Gasteiger partial charge in [0.05, 0.1) is 6.54 Å². The maximum atomic E-state index is 5.44. The molecule has 2 aromatic heterocycles. The standard InChI is InChI=1S/C6H9N5/c1-10-2-3-11-5(4-7)8-9-6(10)11/h2-3H,4,7H2,1H3. The molecule has 5 nitrogen and oxygen atoms in total. The molecule has 2 aromatic rings. The van der Waals surface area contributed by atoms with E-state index < -0.39 is 0 Å². The highest BCUT2D eigenvalue weighted by atomic mass is 15.3. The Morgan fingerprint density at radius 1 is 1.45 bits per heavy atom. The van der Waals surface area contributed by atoms with Crippen LogP contribution in [0.3, 0.4) is 0 Å². The maximum Gasteiger partial charge on any atom is 0.235 e. The van der Waals surface area contributed by atoms with Crippen molar-refractivity contribution in [1.82, 2.24) is 19.2 Å². The Morgan fingerprint density at radius 3 is 3.00 bits per heavy atom. The number of fused-ring (bicyclic) bond motifs is 1. The van der Waals surface area contributed by atoms with Gasteiger partial charge in [-0.15, -0.1) is 10.2 Å². The predicted molar refractivity (Wildman–Crippen MR) is 39.8 cm³/mol. The zero-order valence-electron chi connectivity index (χ0n) is 6.23. The summed E-state index contributed by atoms with van der Waals surface area (Å²) >= 11 is 0. The number of nitrogens with zero attached hydrogens (tertiary/aromatic N) is 4. The summed E-state index contributed by atoms with van der Waals surface area (Å²) in [6.07, 6.45) is 3.82. The molecule has 5 heteroatoms. The van der Waals surface area contributed by atoms with Crippen LogP contribution < -0.4 is 5.73 Å². The molecule has 0 spiro atoms. The van der Waals surface area contributed by atoms with Crippen LogP contribution in [0.5, 0.6) is 0 Å². The molecule has 58 valence electrons. The molecular formula is C6H9N5. The third kappa shape index (κ3) is 0.743. The molecule has 0 saturated carbocycles. The van der Waals surface area contributed by atoms with Gasteiger partial charge >= 0.3 is 0 Å². The van der Waals surface area contributed by atoms with Gasteiger partial charge < -0.3 is 10.3 Å². The normalized spacial score (nSPS) is 11.1. The smallest absolute Gasteiger partial charge is 0.235 e. The maximum absolute atomic E-state index is 5.44.